The van der Waals surface area contributed by atoms with Crippen LogP contribution in [0, 0.1) is 5.41 Å². The topological polar surface area (TPSA) is 35.5 Å². The summed E-state index contributed by atoms with van der Waals surface area (Å²) in [5.41, 5.74) is 2.32. The van der Waals surface area contributed by atoms with Crippen molar-refractivity contribution in [2.24, 2.45) is 5.41 Å². The summed E-state index contributed by atoms with van der Waals surface area (Å²) in [6, 6.07) is 0. The molecular formula is C15H24O3. The van der Waals surface area contributed by atoms with E-state index in [-0.39, 0.29) is 11.2 Å². The van der Waals surface area contributed by atoms with Crippen molar-refractivity contribution in [1.29, 1.82) is 0 Å². The summed E-state index contributed by atoms with van der Waals surface area (Å²) in [7, 11) is 1.62. The zero-order chi connectivity index (χ0) is 13.6. The van der Waals surface area contributed by atoms with Crippen molar-refractivity contribution in [2.75, 3.05) is 20.5 Å². The second-order valence-electron chi connectivity index (χ2n) is 5.39. The highest BCUT2D eigenvalue weighted by atomic mass is 16.7. The van der Waals surface area contributed by atoms with Crippen molar-refractivity contribution in [3.05, 3.63) is 23.3 Å². The third-order valence-electron chi connectivity index (χ3n) is 3.39. The Kier molecular flexibility index (Phi) is 5.76. The van der Waals surface area contributed by atoms with Gasteiger partial charge >= 0.3 is 0 Å². The molecule has 0 saturated heterocycles. The molecule has 0 amide bonds. The van der Waals surface area contributed by atoms with Crippen LogP contribution in [0.3, 0.4) is 0 Å². The molecule has 18 heavy (non-hydrogen) atoms. The molecule has 0 unspecified atom stereocenters. The van der Waals surface area contributed by atoms with E-state index in [1.165, 1.54) is 5.57 Å². The second kappa shape index (κ2) is 6.86. The molecule has 0 aliphatic heterocycles. The Morgan fingerprint density at radius 2 is 2.22 bits per heavy atom. The maximum Gasteiger partial charge on any atom is 0.155 e. The molecule has 1 atom stereocenters. The lowest BCUT2D eigenvalue weighted by Gasteiger charge is -2.19. The maximum absolute atomic E-state index is 11.3. The number of methoxy groups -OCH3 is 1. The molecule has 0 aromatic rings. The van der Waals surface area contributed by atoms with Crippen LogP contribution in [0.15, 0.2) is 23.3 Å². The first-order valence-electron chi connectivity index (χ1n) is 6.42. The average molecular weight is 252 g/mol. The van der Waals surface area contributed by atoms with E-state index in [0.29, 0.717) is 13.4 Å². The number of carbonyl (C=O) groups excluding carboxylic acids is 1. The van der Waals surface area contributed by atoms with Gasteiger partial charge in [0.2, 0.25) is 0 Å². The molecular weight excluding hydrogens is 228 g/mol. The number of hydrogen-bond donors (Lipinski definition) is 0. The van der Waals surface area contributed by atoms with Crippen LogP contribution < -0.4 is 0 Å². The fourth-order valence-electron chi connectivity index (χ4n) is 2.18. The molecule has 0 spiro atoms. The van der Waals surface area contributed by atoms with Gasteiger partial charge in [-0.25, -0.2) is 0 Å². The summed E-state index contributed by atoms with van der Waals surface area (Å²) in [5, 5.41) is 0. The lowest BCUT2D eigenvalue weighted by Crippen LogP contribution is -2.08. The number of rotatable bonds is 7. The number of ether oxygens (including phenoxy) is 2. The van der Waals surface area contributed by atoms with Gasteiger partial charge in [0.1, 0.15) is 6.79 Å². The molecule has 0 N–H and O–H groups in total. The standard InChI is InChI=1S/C15H24O3/c1-12(10-18-11-17-4)5-7-15(3)8-6-14(9-15)13(2)16/h5,9H,6-8,10-11H2,1-4H3/b12-5+/t15-/m1/s1. The van der Waals surface area contributed by atoms with Gasteiger partial charge in [0.15, 0.2) is 5.78 Å². The van der Waals surface area contributed by atoms with Gasteiger partial charge < -0.3 is 9.47 Å². The van der Waals surface area contributed by atoms with Gasteiger partial charge in [0.25, 0.3) is 0 Å². The maximum atomic E-state index is 11.3. The Bertz CT molecular complexity index is 355. The first-order chi connectivity index (χ1) is 8.47. The molecule has 0 radical (unpaired) electrons. The fraction of sp³-hybridized carbons (Fsp3) is 0.667. The number of allylic oxidation sites excluding steroid dienone is 3. The van der Waals surface area contributed by atoms with Crippen LogP contribution in [-0.4, -0.2) is 26.3 Å². The van der Waals surface area contributed by atoms with Gasteiger partial charge in [0.05, 0.1) is 6.61 Å². The Morgan fingerprint density at radius 1 is 1.50 bits per heavy atom. The zero-order valence-electron chi connectivity index (χ0n) is 11.9. The lowest BCUT2D eigenvalue weighted by molar-refractivity contribution is -0.113. The van der Waals surface area contributed by atoms with Crippen LogP contribution in [0.5, 0.6) is 0 Å². The van der Waals surface area contributed by atoms with Crippen molar-refractivity contribution >= 4 is 5.78 Å². The van der Waals surface area contributed by atoms with Gasteiger partial charge in [-0.15, -0.1) is 0 Å². The predicted molar refractivity (Wildman–Crippen MR) is 72.3 cm³/mol. The smallest absolute Gasteiger partial charge is 0.155 e. The Labute approximate surface area is 110 Å². The second-order valence-corrected chi connectivity index (χ2v) is 5.39. The van der Waals surface area contributed by atoms with E-state index in [1.807, 2.05) is 0 Å². The first-order valence-corrected chi connectivity index (χ1v) is 6.42. The fourth-order valence-corrected chi connectivity index (χ4v) is 2.18. The van der Waals surface area contributed by atoms with E-state index in [0.717, 1.165) is 24.8 Å². The van der Waals surface area contributed by atoms with Gasteiger partial charge in [-0.2, -0.15) is 0 Å². The quantitative estimate of drug-likeness (QED) is 0.396. The summed E-state index contributed by atoms with van der Waals surface area (Å²) in [6.07, 6.45) is 7.29. The minimum absolute atomic E-state index is 0.128. The van der Waals surface area contributed by atoms with Crippen LogP contribution in [0.1, 0.15) is 40.0 Å². The molecule has 0 aromatic carbocycles. The van der Waals surface area contributed by atoms with E-state index in [4.69, 9.17) is 9.47 Å². The first kappa shape index (κ1) is 15.1. The highest BCUT2D eigenvalue weighted by Gasteiger charge is 2.28. The predicted octanol–water partition coefficient (Wildman–Crippen LogP) is 3.26. The molecule has 0 heterocycles. The average Bonchev–Trinajstić information content (AvgIpc) is 2.71. The van der Waals surface area contributed by atoms with Gasteiger partial charge in [0, 0.05) is 7.11 Å². The molecule has 102 valence electrons. The number of Topliss-reactive ketones (excluding diaryl/α,β-unsaturated/α-hetero) is 1. The van der Waals surface area contributed by atoms with Crippen LogP contribution in [0.2, 0.25) is 0 Å². The summed E-state index contributed by atoms with van der Waals surface area (Å²) >= 11 is 0. The van der Waals surface area contributed by atoms with Crippen LogP contribution >= 0.6 is 0 Å². The van der Waals surface area contributed by atoms with Gasteiger partial charge in [-0.05, 0) is 44.1 Å². The molecule has 3 heteroatoms. The Balaban J connectivity index is 2.47. The molecule has 0 aromatic heterocycles. The minimum Gasteiger partial charge on any atom is -0.359 e. The van der Waals surface area contributed by atoms with E-state index >= 15 is 0 Å². The summed E-state index contributed by atoms with van der Waals surface area (Å²) in [4.78, 5) is 11.3. The van der Waals surface area contributed by atoms with Crippen molar-refractivity contribution in [2.45, 2.75) is 40.0 Å². The Morgan fingerprint density at radius 3 is 2.78 bits per heavy atom. The van der Waals surface area contributed by atoms with E-state index < -0.39 is 0 Å². The van der Waals surface area contributed by atoms with Crippen molar-refractivity contribution in [3.63, 3.8) is 0 Å². The zero-order valence-corrected chi connectivity index (χ0v) is 11.9. The van der Waals surface area contributed by atoms with Gasteiger partial charge in [-0.3, -0.25) is 4.79 Å². The SMILES string of the molecule is COCOC/C(C)=C/C[C@@]1(C)C=C(C(C)=O)CC1. The minimum atomic E-state index is 0.128. The van der Waals surface area contributed by atoms with E-state index in [9.17, 15) is 4.79 Å². The third-order valence-corrected chi connectivity index (χ3v) is 3.39. The third kappa shape index (κ3) is 4.75. The van der Waals surface area contributed by atoms with Crippen molar-refractivity contribution in [3.8, 4) is 0 Å². The van der Waals surface area contributed by atoms with Crippen molar-refractivity contribution < 1.29 is 14.3 Å². The van der Waals surface area contributed by atoms with E-state index in [2.05, 4.69) is 26.0 Å². The van der Waals surface area contributed by atoms with Crippen molar-refractivity contribution in [1.82, 2.24) is 0 Å². The van der Waals surface area contributed by atoms with Crippen LogP contribution in [0.25, 0.3) is 0 Å². The molecule has 0 fully saturated rings. The van der Waals surface area contributed by atoms with Crippen LogP contribution in [-0.2, 0) is 14.3 Å². The van der Waals surface area contributed by atoms with Crippen LogP contribution in [0.4, 0.5) is 0 Å². The largest absolute Gasteiger partial charge is 0.359 e. The van der Waals surface area contributed by atoms with E-state index in [1.54, 1.807) is 14.0 Å². The number of ketones is 1. The number of carbonyl (C=O) groups is 1. The highest BCUT2D eigenvalue weighted by molar-refractivity contribution is 5.93. The normalized spacial score (nSPS) is 24.2. The number of hydrogen-bond acceptors (Lipinski definition) is 3. The summed E-state index contributed by atoms with van der Waals surface area (Å²) in [6.45, 7) is 6.85. The molecule has 1 aliphatic carbocycles. The molecule has 1 rings (SSSR count). The Hall–Kier alpha value is -0.930. The highest BCUT2D eigenvalue weighted by Crippen LogP contribution is 2.39. The molecule has 0 saturated carbocycles. The monoisotopic (exact) mass is 252 g/mol. The summed E-state index contributed by atoms with van der Waals surface area (Å²) in [5.74, 6) is 0.211. The lowest BCUT2D eigenvalue weighted by atomic mass is 9.86. The molecule has 0 bridgehead atoms. The molecule has 1 aliphatic rings. The molecule has 3 nitrogen and oxygen atoms in total. The summed E-state index contributed by atoms with van der Waals surface area (Å²) < 4.78 is 10.1. The van der Waals surface area contributed by atoms with Gasteiger partial charge in [-0.1, -0.05) is 24.6 Å².